The van der Waals surface area contributed by atoms with Gasteiger partial charge in [-0.3, -0.25) is 4.90 Å². The van der Waals surface area contributed by atoms with Crippen LogP contribution in [0.5, 0.6) is 0 Å². The van der Waals surface area contributed by atoms with Crippen molar-refractivity contribution in [3.05, 3.63) is 59.4 Å². The fraction of sp³-hybridized carbons (Fsp3) is 0.636. The van der Waals surface area contributed by atoms with E-state index in [2.05, 4.69) is 68.8 Å². The van der Waals surface area contributed by atoms with E-state index in [0.29, 0.717) is 37.2 Å². The van der Waals surface area contributed by atoms with Gasteiger partial charge in [0.2, 0.25) is 0 Å². The lowest BCUT2D eigenvalue weighted by Gasteiger charge is -2.38. The zero-order valence-corrected chi connectivity index (χ0v) is 25.6. The average Bonchev–Trinajstić information content (AvgIpc) is 3.71. The van der Waals surface area contributed by atoms with Gasteiger partial charge in [0.25, 0.3) is 0 Å². The van der Waals surface area contributed by atoms with Gasteiger partial charge in [-0.2, -0.15) is 0 Å². The molecule has 0 radical (unpaired) electrons. The highest BCUT2D eigenvalue weighted by Gasteiger charge is 2.46. The summed E-state index contributed by atoms with van der Waals surface area (Å²) in [6.07, 6.45) is 19.9. The number of carboxylic acids is 1. The number of aliphatic carboxylic acids is 1. The second-order valence-electron chi connectivity index (χ2n) is 12.0. The lowest BCUT2D eigenvalue weighted by molar-refractivity contribution is -0.132. The Balaban J connectivity index is 1.60. The van der Waals surface area contributed by atoms with E-state index in [0.717, 1.165) is 44.8 Å². The van der Waals surface area contributed by atoms with E-state index in [1.165, 1.54) is 24.0 Å². The van der Waals surface area contributed by atoms with Gasteiger partial charge in [0, 0.05) is 62.9 Å². The molecule has 0 aromatic heterocycles. The molecule has 2 saturated heterocycles. The van der Waals surface area contributed by atoms with Crippen LogP contribution in [0.25, 0.3) is 0 Å². The van der Waals surface area contributed by atoms with Crippen molar-refractivity contribution in [3.63, 3.8) is 0 Å². The largest absolute Gasteiger partial charge is 0.478 e. The van der Waals surface area contributed by atoms with Gasteiger partial charge in [-0.25, -0.2) is 9.59 Å². The number of piperidine rings is 1. The number of ether oxygens (including phenoxy) is 1. The Morgan fingerprint density at radius 3 is 2.42 bits per heavy atom. The number of nitrogens with zero attached hydrogens (tertiary/aromatic N) is 3. The lowest BCUT2D eigenvalue weighted by atomic mass is 9.91. The van der Waals surface area contributed by atoms with Crippen LogP contribution in [0.1, 0.15) is 80.1 Å². The molecule has 3 rings (SSSR count). The third-order valence-electron chi connectivity index (χ3n) is 8.47. The molecule has 2 aliphatic heterocycles. The Labute approximate surface area is 241 Å². The van der Waals surface area contributed by atoms with Crippen LogP contribution < -0.4 is 0 Å². The first-order chi connectivity index (χ1) is 19.1. The molecule has 0 aromatic rings. The van der Waals surface area contributed by atoms with Gasteiger partial charge in [-0.1, -0.05) is 42.0 Å². The molecule has 2 heterocycles. The Bertz CT molecular complexity index is 1030. The summed E-state index contributed by atoms with van der Waals surface area (Å²) in [7, 11) is 0. The Kier molecular flexibility index (Phi) is 11.7. The predicted molar refractivity (Wildman–Crippen MR) is 162 cm³/mol. The second-order valence-corrected chi connectivity index (χ2v) is 12.0. The molecule has 40 heavy (non-hydrogen) atoms. The number of carbonyl (C=O) groups is 2. The van der Waals surface area contributed by atoms with Crippen LogP contribution in [0.4, 0.5) is 4.79 Å². The topological polar surface area (TPSA) is 73.3 Å². The molecular weight excluding hydrogens is 502 g/mol. The molecule has 1 spiro atoms. The van der Waals surface area contributed by atoms with E-state index in [1.54, 1.807) is 17.9 Å². The summed E-state index contributed by atoms with van der Waals surface area (Å²) in [6, 6.07) is 0.746. The maximum absolute atomic E-state index is 12.6. The number of hydrogen-bond donors (Lipinski definition) is 1. The maximum Gasteiger partial charge on any atom is 0.410 e. The molecule has 7 nitrogen and oxygen atoms in total. The van der Waals surface area contributed by atoms with Crippen molar-refractivity contribution in [2.24, 2.45) is 5.92 Å². The maximum atomic E-state index is 12.6. The Morgan fingerprint density at radius 2 is 1.85 bits per heavy atom. The minimum Gasteiger partial charge on any atom is -0.478 e. The van der Waals surface area contributed by atoms with E-state index in [1.807, 2.05) is 12.2 Å². The quantitative estimate of drug-likeness (QED) is 0.194. The van der Waals surface area contributed by atoms with E-state index in [-0.39, 0.29) is 6.09 Å². The molecule has 222 valence electrons. The minimum atomic E-state index is -0.908. The monoisotopic (exact) mass is 553 g/mol. The summed E-state index contributed by atoms with van der Waals surface area (Å²) in [6.45, 7) is 16.6. The summed E-state index contributed by atoms with van der Waals surface area (Å²) in [4.78, 5) is 30.5. The molecule has 1 atom stereocenters. The third kappa shape index (κ3) is 9.12. The summed E-state index contributed by atoms with van der Waals surface area (Å²) in [5.74, 6) is -0.119. The van der Waals surface area contributed by atoms with E-state index in [4.69, 9.17) is 9.84 Å². The number of carbonyl (C=O) groups excluding carboxylic acids is 1. The minimum absolute atomic E-state index is 0.269. The van der Waals surface area contributed by atoms with Crippen molar-refractivity contribution in [1.29, 1.82) is 0 Å². The van der Waals surface area contributed by atoms with Crippen molar-refractivity contribution >= 4 is 12.1 Å². The number of rotatable bonds is 14. The van der Waals surface area contributed by atoms with Gasteiger partial charge >= 0.3 is 12.1 Å². The van der Waals surface area contributed by atoms with Gasteiger partial charge in [0.1, 0.15) is 5.60 Å². The molecule has 1 N–H and O–H groups in total. The van der Waals surface area contributed by atoms with Crippen LogP contribution in [-0.4, -0.2) is 82.3 Å². The molecular formula is C33H51N3O4. The van der Waals surface area contributed by atoms with E-state index >= 15 is 0 Å². The molecule has 1 saturated carbocycles. The van der Waals surface area contributed by atoms with Gasteiger partial charge in [0.15, 0.2) is 0 Å². The van der Waals surface area contributed by atoms with Gasteiger partial charge in [-0.15, -0.1) is 0 Å². The third-order valence-corrected chi connectivity index (χ3v) is 8.47. The molecule has 0 bridgehead atoms. The van der Waals surface area contributed by atoms with Crippen molar-refractivity contribution < 1.29 is 19.4 Å². The van der Waals surface area contributed by atoms with Crippen molar-refractivity contribution in [1.82, 2.24) is 14.7 Å². The first-order valence-corrected chi connectivity index (χ1v) is 15.1. The van der Waals surface area contributed by atoms with Crippen LogP contribution in [0.15, 0.2) is 59.4 Å². The number of hydrogen-bond acceptors (Lipinski definition) is 5. The fourth-order valence-corrected chi connectivity index (χ4v) is 5.72. The van der Waals surface area contributed by atoms with Crippen LogP contribution in [0, 0.1) is 5.92 Å². The number of amides is 1. The van der Waals surface area contributed by atoms with Crippen LogP contribution in [-0.2, 0) is 9.53 Å². The van der Waals surface area contributed by atoms with Gasteiger partial charge in [-0.05, 0) is 78.7 Å². The Morgan fingerprint density at radius 1 is 1.15 bits per heavy atom. The first kappa shape index (κ1) is 31.7. The molecule has 0 aromatic carbocycles. The zero-order chi connectivity index (χ0) is 29.3. The van der Waals surface area contributed by atoms with Crippen molar-refractivity contribution in [2.75, 3.05) is 32.7 Å². The standard InChI is InChI=1S/C33H51N3O4/c1-7-11-27(6)36(25(3)4)23-28(14-13-26(5)30-15-16-30)22-34-20-17-33(18-21-34)24-35(32(39)40-33)19-10-9-12-29(8-2)31(37)38/h7-11,13,23,25,27,30H,12,14-22,24H2,1-6H3,(H,37,38)/b10-9-,11-7-,26-13+,28-23+,29-8+. The highest BCUT2D eigenvalue weighted by atomic mass is 16.6. The predicted octanol–water partition coefficient (Wildman–Crippen LogP) is 6.56. The summed E-state index contributed by atoms with van der Waals surface area (Å²) < 4.78 is 5.94. The molecule has 3 aliphatic rings. The van der Waals surface area contributed by atoms with Gasteiger partial charge < -0.3 is 19.6 Å². The summed E-state index contributed by atoms with van der Waals surface area (Å²) >= 11 is 0. The van der Waals surface area contributed by atoms with Crippen LogP contribution in [0.2, 0.25) is 0 Å². The molecule has 1 unspecified atom stereocenters. The van der Waals surface area contributed by atoms with E-state index < -0.39 is 11.6 Å². The summed E-state index contributed by atoms with van der Waals surface area (Å²) in [5, 5.41) is 9.16. The zero-order valence-electron chi connectivity index (χ0n) is 25.6. The molecule has 3 fully saturated rings. The molecule has 1 aliphatic carbocycles. The second kappa shape index (κ2) is 14.7. The lowest BCUT2D eigenvalue weighted by Crippen LogP contribution is -2.47. The normalized spacial score (nSPS) is 21.7. The smallest absolute Gasteiger partial charge is 0.410 e. The van der Waals surface area contributed by atoms with Crippen LogP contribution >= 0.6 is 0 Å². The molecule has 1 amide bonds. The average molecular weight is 554 g/mol. The Hall–Kier alpha value is -2.80. The summed E-state index contributed by atoms with van der Waals surface area (Å²) in [5.41, 5.74) is 2.88. The van der Waals surface area contributed by atoms with E-state index in [9.17, 15) is 9.59 Å². The highest BCUT2D eigenvalue weighted by Crippen LogP contribution is 2.37. The highest BCUT2D eigenvalue weighted by molar-refractivity contribution is 5.86. The number of likely N-dealkylation sites (tertiary alicyclic amines) is 1. The van der Waals surface area contributed by atoms with Crippen molar-refractivity contribution in [2.45, 2.75) is 97.8 Å². The van der Waals surface area contributed by atoms with Crippen molar-refractivity contribution in [3.8, 4) is 0 Å². The number of allylic oxidation sites excluding steroid dienone is 5. The van der Waals surface area contributed by atoms with Gasteiger partial charge in [0.05, 0.1) is 6.54 Å². The SMILES string of the molecule is C/C=C\C(C)N(/C=C(\C/C=C(\C)C1CC1)CN1CCC2(CC1)CN(C/C=C\C/C(=C\C)C(=O)O)C(=O)O2)C(C)C. The number of carboxylic acid groups (broad SMARTS) is 1. The molecule has 7 heteroatoms. The van der Waals surface area contributed by atoms with Crippen LogP contribution in [0.3, 0.4) is 0 Å². The first-order valence-electron chi connectivity index (χ1n) is 15.1. The fourth-order valence-electron chi connectivity index (χ4n) is 5.72.